The van der Waals surface area contributed by atoms with Crippen molar-refractivity contribution in [2.24, 2.45) is 5.41 Å². The molecular weight excluding hydrogens is 302 g/mol. The summed E-state index contributed by atoms with van der Waals surface area (Å²) in [6, 6.07) is 9.03. The second-order valence-corrected chi connectivity index (χ2v) is 6.55. The van der Waals surface area contributed by atoms with Gasteiger partial charge in [-0.1, -0.05) is 49.2 Å². The number of hydrogen-bond acceptors (Lipinski definition) is 3. The van der Waals surface area contributed by atoms with E-state index in [9.17, 15) is 9.59 Å². The van der Waals surface area contributed by atoms with Gasteiger partial charge >= 0.3 is 5.97 Å². The largest absolute Gasteiger partial charge is 0.467 e. The van der Waals surface area contributed by atoms with Crippen molar-refractivity contribution in [3.8, 4) is 0 Å². The Morgan fingerprint density at radius 1 is 1.29 bits per heavy atom. The molecule has 1 N–H and O–H groups in total. The van der Waals surface area contributed by atoms with E-state index in [0.29, 0.717) is 6.42 Å². The van der Waals surface area contributed by atoms with Crippen molar-refractivity contribution in [2.75, 3.05) is 7.11 Å². The summed E-state index contributed by atoms with van der Waals surface area (Å²) in [6.07, 6.45) is 7.79. The van der Waals surface area contributed by atoms with E-state index in [1.165, 1.54) is 7.11 Å². The van der Waals surface area contributed by atoms with E-state index in [1.54, 1.807) is 0 Å². The number of hydrogen-bond donors (Lipinski definition) is 1. The van der Waals surface area contributed by atoms with E-state index in [-0.39, 0.29) is 11.3 Å². The summed E-state index contributed by atoms with van der Waals surface area (Å²) < 4.78 is 4.89. The molecule has 1 aromatic rings. The van der Waals surface area contributed by atoms with E-state index in [0.717, 1.165) is 44.1 Å². The Kier molecular flexibility index (Phi) is 6.59. The highest BCUT2D eigenvalue weighted by Gasteiger charge is 2.41. The van der Waals surface area contributed by atoms with E-state index in [2.05, 4.69) is 11.9 Å². The molecule has 0 saturated heterocycles. The number of methoxy groups -OCH3 is 1. The molecule has 1 aliphatic carbocycles. The molecule has 1 saturated carbocycles. The summed E-state index contributed by atoms with van der Waals surface area (Å²) in [6.45, 7) is 3.76. The molecule has 1 atom stereocenters. The zero-order valence-electron chi connectivity index (χ0n) is 14.4. The molecule has 0 unspecified atom stereocenters. The summed E-state index contributed by atoms with van der Waals surface area (Å²) in [4.78, 5) is 25.1. The van der Waals surface area contributed by atoms with Crippen molar-refractivity contribution in [2.45, 2.75) is 51.0 Å². The Hall–Kier alpha value is -2.10. The maximum absolute atomic E-state index is 12.9. The summed E-state index contributed by atoms with van der Waals surface area (Å²) in [5.41, 5.74) is 0.636. The minimum atomic E-state index is -0.647. The third-order valence-corrected chi connectivity index (χ3v) is 4.94. The smallest absolute Gasteiger partial charge is 0.328 e. The molecule has 0 radical (unpaired) electrons. The van der Waals surface area contributed by atoms with Crippen molar-refractivity contribution in [1.82, 2.24) is 5.32 Å². The minimum Gasteiger partial charge on any atom is -0.467 e. The molecule has 0 bridgehead atoms. The summed E-state index contributed by atoms with van der Waals surface area (Å²) in [7, 11) is 1.36. The third-order valence-electron chi connectivity index (χ3n) is 4.94. The maximum Gasteiger partial charge on any atom is 0.328 e. The fourth-order valence-corrected chi connectivity index (χ4v) is 3.52. The van der Waals surface area contributed by atoms with Crippen LogP contribution in [0.1, 0.15) is 44.1 Å². The molecule has 0 aromatic heterocycles. The first-order valence-electron chi connectivity index (χ1n) is 8.65. The molecule has 0 aliphatic heterocycles. The topological polar surface area (TPSA) is 55.4 Å². The Morgan fingerprint density at radius 3 is 2.54 bits per heavy atom. The van der Waals surface area contributed by atoms with Crippen LogP contribution < -0.4 is 5.32 Å². The van der Waals surface area contributed by atoms with Crippen LogP contribution in [-0.2, 0) is 20.7 Å². The van der Waals surface area contributed by atoms with Gasteiger partial charge in [-0.25, -0.2) is 4.79 Å². The lowest BCUT2D eigenvalue weighted by atomic mass is 9.80. The van der Waals surface area contributed by atoms with E-state index in [4.69, 9.17) is 4.74 Å². The predicted molar refractivity (Wildman–Crippen MR) is 94.4 cm³/mol. The quantitative estimate of drug-likeness (QED) is 0.587. The van der Waals surface area contributed by atoms with Crippen LogP contribution in [0.4, 0.5) is 0 Å². The van der Waals surface area contributed by atoms with Crippen molar-refractivity contribution in [3.63, 3.8) is 0 Å². The molecule has 2 rings (SSSR count). The van der Waals surface area contributed by atoms with Crippen LogP contribution in [0.25, 0.3) is 0 Å². The Balaban J connectivity index is 2.10. The Morgan fingerprint density at radius 2 is 1.96 bits per heavy atom. The van der Waals surface area contributed by atoms with Gasteiger partial charge in [0.2, 0.25) is 5.91 Å². The van der Waals surface area contributed by atoms with E-state index >= 15 is 0 Å². The van der Waals surface area contributed by atoms with Gasteiger partial charge in [-0.2, -0.15) is 0 Å². The highest BCUT2D eigenvalue weighted by Crippen LogP contribution is 2.42. The molecule has 0 heterocycles. The fourth-order valence-electron chi connectivity index (χ4n) is 3.52. The zero-order valence-corrected chi connectivity index (χ0v) is 14.4. The van der Waals surface area contributed by atoms with Crippen LogP contribution in [0.15, 0.2) is 43.0 Å². The monoisotopic (exact) mass is 329 g/mol. The number of nitrogens with one attached hydrogen (secondary N) is 1. The number of carbonyl (C=O) groups excluding carboxylic acids is 2. The van der Waals surface area contributed by atoms with E-state index < -0.39 is 12.0 Å². The first-order chi connectivity index (χ1) is 11.6. The summed E-state index contributed by atoms with van der Waals surface area (Å²) >= 11 is 0. The van der Waals surface area contributed by atoms with Gasteiger partial charge in [-0.15, -0.1) is 6.58 Å². The molecule has 0 spiro atoms. The highest BCUT2D eigenvalue weighted by atomic mass is 16.5. The van der Waals surface area contributed by atoms with Crippen LogP contribution in [-0.4, -0.2) is 25.0 Å². The second kappa shape index (κ2) is 8.67. The van der Waals surface area contributed by atoms with Crippen LogP contribution >= 0.6 is 0 Å². The zero-order chi connectivity index (χ0) is 17.4. The molecule has 1 aliphatic rings. The second-order valence-electron chi connectivity index (χ2n) is 6.55. The van der Waals surface area contributed by atoms with Crippen LogP contribution in [0.2, 0.25) is 0 Å². The number of allylic oxidation sites excluding steroid dienone is 1. The predicted octanol–water partition coefficient (Wildman–Crippen LogP) is 3.41. The third kappa shape index (κ3) is 4.47. The van der Waals surface area contributed by atoms with Gasteiger partial charge in [0.25, 0.3) is 0 Å². The molecule has 130 valence electrons. The van der Waals surface area contributed by atoms with Gasteiger partial charge in [-0.05, 0) is 31.2 Å². The van der Waals surface area contributed by atoms with Crippen molar-refractivity contribution >= 4 is 11.9 Å². The molecule has 1 aromatic carbocycles. The summed E-state index contributed by atoms with van der Waals surface area (Å²) in [5, 5.41) is 2.96. The van der Waals surface area contributed by atoms with Crippen LogP contribution in [0.3, 0.4) is 0 Å². The molecule has 4 heteroatoms. The van der Waals surface area contributed by atoms with Crippen LogP contribution in [0.5, 0.6) is 0 Å². The number of esters is 1. The lowest BCUT2D eigenvalue weighted by molar-refractivity contribution is -0.146. The minimum absolute atomic E-state index is 0.0202. The fraction of sp³-hybridized carbons (Fsp3) is 0.500. The highest BCUT2D eigenvalue weighted by molar-refractivity contribution is 5.88. The number of carbonyl (C=O) groups is 2. The van der Waals surface area contributed by atoms with E-state index in [1.807, 2.05) is 36.4 Å². The summed E-state index contributed by atoms with van der Waals surface area (Å²) in [5.74, 6) is -0.419. The SMILES string of the molecule is C=CCCC1(C(=O)N[C@@H](Cc2ccccc2)C(=O)OC)CCCC1. The van der Waals surface area contributed by atoms with Crippen molar-refractivity contribution < 1.29 is 14.3 Å². The normalized spacial score (nSPS) is 17.0. The Labute approximate surface area is 144 Å². The van der Waals surface area contributed by atoms with Crippen LogP contribution in [0, 0.1) is 5.41 Å². The molecule has 1 fully saturated rings. The van der Waals surface area contributed by atoms with Gasteiger partial charge in [0.1, 0.15) is 6.04 Å². The number of benzene rings is 1. The number of amides is 1. The lowest BCUT2D eigenvalue weighted by Crippen LogP contribution is -2.49. The van der Waals surface area contributed by atoms with Gasteiger partial charge in [-0.3, -0.25) is 4.79 Å². The average Bonchev–Trinajstić information content (AvgIpc) is 3.09. The maximum atomic E-state index is 12.9. The van der Waals surface area contributed by atoms with Crippen molar-refractivity contribution in [3.05, 3.63) is 48.6 Å². The van der Waals surface area contributed by atoms with Gasteiger partial charge in [0.15, 0.2) is 0 Å². The van der Waals surface area contributed by atoms with Crippen molar-refractivity contribution in [1.29, 1.82) is 0 Å². The standard InChI is InChI=1S/C20H27NO3/c1-3-4-12-20(13-8-9-14-20)19(23)21-17(18(22)24-2)15-16-10-6-5-7-11-16/h3,5-7,10-11,17H,1,4,8-9,12-15H2,2H3,(H,21,23)/t17-/m0/s1. The first-order valence-corrected chi connectivity index (χ1v) is 8.65. The Bertz CT molecular complexity index is 562. The molecule has 1 amide bonds. The lowest BCUT2D eigenvalue weighted by Gasteiger charge is -2.29. The van der Waals surface area contributed by atoms with Gasteiger partial charge < -0.3 is 10.1 Å². The van der Waals surface area contributed by atoms with Gasteiger partial charge in [0, 0.05) is 11.8 Å². The molecule has 24 heavy (non-hydrogen) atoms. The average molecular weight is 329 g/mol. The number of rotatable bonds is 8. The van der Waals surface area contributed by atoms with Gasteiger partial charge in [0.05, 0.1) is 7.11 Å². The first kappa shape index (κ1) is 18.2. The molecule has 4 nitrogen and oxygen atoms in total. The molecular formula is C20H27NO3. The number of ether oxygens (including phenoxy) is 1.